The minimum atomic E-state index is -1.05. The average Bonchev–Trinajstić information content (AvgIpc) is 3.18. The van der Waals surface area contributed by atoms with Gasteiger partial charge in [-0.15, -0.1) is 0 Å². The van der Waals surface area contributed by atoms with Gasteiger partial charge in [0.25, 0.3) is 0 Å². The number of halogens is 3. The lowest BCUT2D eigenvalue weighted by atomic mass is 10.0. The van der Waals surface area contributed by atoms with Crippen molar-refractivity contribution in [2.45, 2.75) is 19.8 Å². The largest absolute Gasteiger partial charge is 0.436 e. The summed E-state index contributed by atoms with van der Waals surface area (Å²) in [6, 6.07) is 14.7. The number of hydrogen-bond acceptors (Lipinski definition) is 3. The van der Waals surface area contributed by atoms with Gasteiger partial charge in [0.05, 0.1) is 10.6 Å². The summed E-state index contributed by atoms with van der Waals surface area (Å²) < 4.78 is 32.5. The summed E-state index contributed by atoms with van der Waals surface area (Å²) >= 11 is 6.00. The zero-order valence-corrected chi connectivity index (χ0v) is 18.1. The number of anilines is 1. The maximum absolute atomic E-state index is 13.6. The maximum atomic E-state index is 13.6. The van der Waals surface area contributed by atoms with E-state index >= 15 is 0 Å². The summed E-state index contributed by atoms with van der Waals surface area (Å²) in [5.41, 5.74) is 3.66. The number of fused-ring (bicyclic) bond motifs is 1. The lowest BCUT2D eigenvalue weighted by Gasteiger charge is -2.04. The van der Waals surface area contributed by atoms with E-state index in [1.807, 2.05) is 24.3 Å². The fourth-order valence-corrected chi connectivity index (χ4v) is 3.39. The molecule has 4 rings (SSSR count). The number of amides is 1. The van der Waals surface area contributed by atoms with Crippen molar-refractivity contribution in [3.63, 3.8) is 0 Å². The fraction of sp³-hybridized carbons (Fsp3) is 0.120. The standard InChI is InChI=1S/C25H19ClF2N2O2/c1-14(2)16-6-3-15(4-7-16)5-10-24(31)29-17-8-9-23-22(11-17)30-25(32-23)18-12-20(27)21(28)13-19(18)26/h3-14H,1-2H3,(H,29,31)/b10-5+. The topological polar surface area (TPSA) is 55.1 Å². The highest BCUT2D eigenvalue weighted by Crippen LogP contribution is 2.32. The van der Waals surface area contributed by atoms with E-state index in [9.17, 15) is 13.6 Å². The van der Waals surface area contributed by atoms with E-state index < -0.39 is 11.6 Å². The van der Waals surface area contributed by atoms with E-state index in [1.54, 1.807) is 24.3 Å². The van der Waals surface area contributed by atoms with Gasteiger partial charge < -0.3 is 9.73 Å². The van der Waals surface area contributed by atoms with Crippen LogP contribution in [0.5, 0.6) is 0 Å². The van der Waals surface area contributed by atoms with Gasteiger partial charge in [-0.3, -0.25) is 4.79 Å². The van der Waals surface area contributed by atoms with Crippen LogP contribution in [0.1, 0.15) is 30.9 Å². The highest BCUT2D eigenvalue weighted by atomic mass is 35.5. The summed E-state index contributed by atoms with van der Waals surface area (Å²) in [4.78, 5) is 16.6. The molecule has 4 nitrogen and oxygen atoms in total. The summed E-state index contributed by atoms with van der Waals surface area (Å²) in [5, 5.41) is 2.75. The molecule has 0 aliphatic rings. The first-order chi connectivity index (χ1) is 15.3. The van der Waals surface area contributed by atoms with Crippen LogP contribution in [0.25, 0.3) is 28.6 Å². The minimum Gasteiger partial charge on any atom is -0.436 e. The van der Waals surface area contributed by atoms with Crippen molar-refractivity contribution in [3.05, 3.63) is 88.5 Å². The zero-order valence-electron chi connectivity index (χ0n) is 17.3. The SMILES string of the molecule is CC(C)c1ccc(/C=C/C(=O)Nc2ccc3oc(-c4cc(F)c(F)cc4Cl)nc3c2)cc1. The molecular formula is C25H19ClF2N2O2. The molecule has 4 aromatic rings. The Balaban J connectivity index is 1.50. The van der Waals surface area contributed by atoms with Crippen LogP contribution < -0.4 is 5.32 Å². The monoisotopic (exact) mass is 452 g/mol. The summed E-state index contributed by atoms with van der Waals surface area (Å²) in [6.07, 6.45) is 3.18. The third kappa shape index (κ3) is 4.70. The van der Waals surface area contributed by atoms with E-state index in [0.717, 1.165) is 17.7 Å². The van der Waals surface area contributed by atoms with Gasteiger partial charge in [-0.1, -0.05) is 49.7 Å². The number of carbonyl (C=O) groups excluding carboxylic acids is 1. The molecule has 0 aliphatic heterocycles. The van der Waals surface area contributed by atoms with Crippen molar-refractivity contribution in [1.82, 2.24) is 4.98 Å². The smallest absolute Gasteiger partial charge is 0.248 e. The molecule has 0 atom stereocenters. The molecule has 0 saturated heterocycles. The summed E-state index contributed by atoms with van der Waals surface area (Å²) in [5.74, 6) is -1.91. The zero-order chi connectivity index (χ0) is 22.8. The first kappa shape index (κ1) is 21.7. The van der Waals surface area contributed by atoms with Crippen LogP contribution in [0, 0.1) is 11.6 Å². The fourth-order valence-electron chi connectivity index (χ4n) is 3.15. The molecule has 0 unspecified atom stereocenters. The predicted molar refractivity (Wildman–Crippen MR) is 123 cm³/mol. The van der Waals surface area contributed by atoms with E-state index in [1.165, 1.54) is 11.6 Å². The van der Waals surface area contributed by atoms with Gasteiger partial charge in [0, 0.05) is 11.8 Å². The van der Waals surface area contributed by atoms with Gasteiger partial charge >= 0.3 is 0 Å². The number of nitrogens with one attached hydrogen (secondary N) is 1. The molecular weight excluding hydrogens is 434 g/mol. The molecule has 1 N–H and O–H groups in total. The van der Waals surface area contributed by atoms with Crippen LogP contribution in [-0.2, 0) is 4.79 Å². The van der Waals surface area contributed by atoms with Crippen molar-refractivity contribution in [1.29, 1.82) is 0 Å². The molecule has 0 saturated carbocycles. The molecule has 0 fully saturated rings. The van der Waals surface area contributed by atoms with E-state index in [4.69, 9.17) is 16.0 Å². The third-order valence-corrected chi connectivity index (χ3v) is 5.24. The Morgan fingerprint density at radius 1 is 1.06 bits per heavy atom. The van der Waals surface area contributed by atoms with Crippen LogP contribution in [0.2, 0.25) is 5.02 Å². The van der Waals surface area contributed by atoms with Crippen LogP contribution in [0.15, 0.2) is 65.1 Å². The van der Waals surface area contributed by atoms with E-state index in [-0.39, 0.29) is 22.4 Å². The highest BCUT2D eigenvalue weighted by Gasteiger charge is 2.16. The van der Waals surface area contributed by atoms with Crippen LogP contribution in [0.4, 0.5) is 14.5 Å². The first-order valence-electron chi connectivity index (χ1n) is 9.94. The predicted octanol–water partition coefficient (Wildman–Crippen LogP) is 7.20. The van der Waals surface area contributed by atoms with Gasteiger partial charge in [0.1, 0.15) is 5.52 Å². The Kier molecular flexibility index (Phi) is 6.06. The number of nitrogens with zero attached hydrogens (tertiary/aromatic N) is 1. The average molecular weight is 453 g/mol. The third-order valence-electron chi connectivity index (χ3n) is 4.93. The van der Waals surface area contributed by atoms with Crippen molar-refractivity contribution < 1.29 is 18.0 Å². The lowest BCUT2D eigenvalue weighted by Crippen LogP contribution is -2.07. The minimum absolute atomic E-state index is 0.0180. The molecule has 32 heavy (non-hydrogen) atoms. The molecule has 0 radical (unpaired) electrons. The molecule has 1 aromatic heterocycles. The van der Waals surface area contributed by atoms with Gasteiger partial charge in [0.15, 0.2) is 17.2 Å². The molecule has 3 aromatic carbocycles. The second-order valence-electron chi connectivity index (χ2n) is 7.59. The Hall–Kier alpha value is -3.51. The van der Waals surface area contributed by atoms with E-state index in [2.05, 4.69) is 24.1 Å². The van der Waals surface area contributed by atoms with Crippen molar-refractivity contribution >= 4 is 40.4 Å². The van der Waals surface area contributed by atoms with Gasteiger partial charge in [-0.25, -0.2) is 13.8 Å². The van der Waals surface area contributed by atoms with Crippen molar-refractivity contribution in [3.8, 4) is 11.5 Å². The molecule has 162 valence electrons. The van der Waals surface area contributed by atoms with Crippen molar-refractivity contribution in [2.24, 2.45) is 0 Å². The Morgan fingerprint density at radius 2 is 1.78 bits per heavy atom. The summed E-state index contributed by atoms with van der Waals surface area (Å²) in [7, 11) is 0. The lowest BCUT2D eigenvalue weighted by molar-refractivity contribution is -0.111. The van der Waals surface area contributed by atoms with Crippen LogP contribution in [0.3, 0.4) is 0 Å². The van der Waals surface area contributed by atoms with Gasteiger partial charge in [0.2, 0.25) is 11.8 Å². The number of oxazole rings is 1. The maximum Gasteiger partial charge on any atom is 0.248 e. The normalized spacial score (nSPS) is 11.6. The highest BCUT2D eigenvalue weighted by molar-refractivity contribution is 6.33. The van der Waals surface area contributed by atoms with Crippen LogP contribution in [-0.4, -0.2) is 10.9 Å². The molecule has 0 aliphatic carbocycles. The molecule has 1 heterocycles. The number of carbonyl (C=O) groups is 1. The Morgan fingerprint density at radius 3 is 2.50 bits per heavy atom. The second kappa shape index (κ2) is 8.93. The van der Waals surface area contributed by atoms with Crippen LogP contribution >= 0.6 is 11.6 Å². The Bertz CT molecular complexity index is 1330. The number of benzene rings is 3. The molecule has 0 spiro atoms. The number of rotatable bonds is 5. The molecule has 0 bridgehead atoms. The molecule has 1 amide bonds. The van der Waals surface area contributed by atoms with Crippen molar-refractivity contribution in [2.75, 3.05) is 5.32 Å². The Labute approximate surface area is 188 Å². The molecule has 7 heteroatoms. The summed E-state index contributed by atoms with van der Waals surface area (Å²) in [6.45, 7) is 4.25. The number of hydrogen-bond donors (Lipinski definition) is 1. The van der Waals surface area contributed by atoms with Gasteiger partial charge in [-0.05, 0) is 53.5 Å². The first-order valence-corrected chi connectivity index (χ1v) is 10.3. The number of aromatic nitrogens is 1. The van der Waals surface area contributed by atoms with Gasteiger partial charge in [-0.2, -0.15) is 0 Å². The quantitative estimate of drug-likeness (QED) is 0.257. The second-order valence-corrected chi connectivity index (χ2v) is 8.00. The van der Waals surface area contributed by atoms with E-state index in [0.29, 0.717) is 22.7 Å².